The number of ether oxygens (including phenoxy) is 1. The molecule has 0 bridgehead atoms. The van der Waals surface area contributed by atoms with Gasteiger partial charge in [0.2, 0.25) is 0 Å². The second kappa shape index (κ2) is 7.32. The summed E-state index contributed by atoms with van der Waals surface area (Å²) in [6.07, 6.45) is 0. The van der Waals surface area contributed by atoms with E-state index in [1.165, 1.54) is 0 Å². The predicted molar refractivity (Wildman–Crippen MR) is 80.5 cm³/mol. The maximum atomic E-state index is 9.03. The van der Waals surface area contributed by atoms with E-state index >= 15 is 0 Å². The van der Waals surface area contributed by atoms with Crippen LogP contribution in [-0.4, -0.2) is 19.2 Å². The molecule has 3 heteroatoms. The van der Waals surface area contributed by atoms with E-state index in [1.807, 2.05) is 61.5 Å². The van der Waals surface area contributed by atoms with Crippen molar-refractivity contribution in [2.24, 2.45) is 0 Å². The largest absolute Gasteiger partial charge is 0.490 e. The zero-order valence-corrected chi connectivity index (χ0v) is 11.5. The Morgan fingerprint density at radius 3 is 2.50 bits per heavy atom. The van der Waals surface area contributed by atoms with Crippen LogP contribution in [0.5, 0.6) is 5.75 Å². The third kappa shape index (κ3) is 3.59. The van der Waals surface area contributed by atoms with Gasteiger partial charge in [-0.3, -0.25) is 5.32 Å². The molecule has 0 aliphatic heterocycles. The highest BCUT2D eigenvalue weighted by atomic mass is 16.5. The van der Waals surface area contributed by atoms with E-state index in [4.69, 9.17) is 10.00 Å². The van der Waals surface area contributed by atoms with Crippen molar-refractivity contribution in [2.45, 2.75) is 13.0 Å². The molecule has 0 aliphatic rings. The van der Waals surface area contributed by atoms with Crippen molar-refractivity contribution < 1.29 is 4.74 Å². The monoisotopic (exact) mass is 266 g/mol. The Morgan fingerprint density at radius 2 is 1.80 bits per heavy atom. The first-order valence-electron chi connectivity index (χ1n) is 6.75. The van der Waals surface area contributed by atoms with Crippen molar-refractivity contribution in [3.8, 4) is 22.9 Å². The minimum atomic E-state index is -0.288. The molecule has 0 saturated carbocycles. The SMILES string of the molecule is CCNC(C#N)COc1ccccc1-c1ccccc1. The first kappa shape index (κ1) is 14.1. The van der Waals surface area contributed by atoms with Gasteiger partial charge in [0.1, 0.15) is 18.4 Å². The molecule has 0 aromatic heterocycles. The van der Waals surface area contributed by atoms with Crippen LogP contribution in [0.4, 0.5) is 0 Å². The van der Waals surface area contributed by atoms with Crippen LogP contribution in [0.3, 0.4) is 0 Å². The van der Waals surface area contributed by atoms with Crippen LogP contribution in [-0.2, 0) is 0 Å². The molecule has 0 aliphatic carbocycles. The summed E-state index contributed by atoms with van der Waals surface area (Å²) in [6.45, 7) is 3.07. The normalized spacial score (nSPS) is 11.6. The number of nitrogens with one attached hydrogen (secondary N) is 1. The summed E-state index contributed by atoms with van der Waals surface area (Å²) in [5, 5.41) is 12.1. The van der Waals surface area contributed by atoms with Crippen molar-refractivity contribution in [3.05, 3.63) is 54.6 Å². The van der Waals surface area contributed by atoms with Crippen LogP contribution in [0.15, 0.2) is 54.6 Å². The maximum absolute atomic E-state index is 9.03. The Hall–Kier alpha value is -2.31. The quantitative estimate of drug-likeness (QED) is 0.873. The molecule has 1 unspecified atom stereocenters. The fourth-order valence-electron chi connectivity index (χ4n) is 2.01. The number of hydrogen-bond acceptors (Lipinski definition) is 3. The molecule has 2 aromatic carbocycles. The Bertz CT molecular complexity index is 575. The van der Waals surface area contributed by atoms with Crippen LogP contribution < -0.4 is 10.1 Å². The van der Waals surface area contributed by atoms with Gasteiger partial charge >= 0.3 is 0 Å². The number of nitriles is 1. The molecule has 3 nitrogen and oxygen atoms in total. The van der Waals surface area contributed by atoms with Crippen molar-refractivity contribution in [1.29, 1.82) is 5.26 Å². The number of rotatable bonds is 6. The van der Waals surface area contributed by atoms with Gasteiger partial charge in [0.25, 0.3) is 0 Å². The van der Waals surface area contributed by atoms with E-state index in [0.717, 1.165) is 23.4 Å². The topological polar surface area (TPSA) is 45.0 Å². The molecule has 102 valence electrons. The predicted octanol–water partition coefficient (Wildman–Crippen LogP) is 3.23. The summed E-state index contributed by atoms with van der Waals surface area (Å²) in [7, 11) is 0. The van der Waals surface area contributed by atoms with Gasteiger partial charge in [-0.2, -0.15) is 5.26 Å². The van der Waals surface area contributed by atoms with Crippen LogP contribution in [0.1, 0.15) is 6.92 Å². The third-order valence-corrected chi connectivity index (χ3v) is 2.98. The average molecular weight is 266 g/mol. The fourth-order valence-corrected chi connectivity index (χ4v) is 2.01. The molecule has 2 rings (SSSR count). The van der Waals surface area contributed by atoms with Gasteiger partial charge in [0.05, 0.1) is 6.07 Å². The van der Waals surface area contributed by atoms with Crippen LogP contribution in [0, 0.1) is 11.3 Å². The molecule has 1 N–H and O–H groups in total. The number of likely N-dealkylation sites (N-methyl/N-ethyl adjacent to an activating group) is 1. The van der Waals surface area contributed by atoms with Crippen molar-refractivity contribution in [1.82, 2.24) is 5.32 Å². The van der Waals surface area contributed by atoms with Crippen molar-refractivity contribution in [2.75, 3.05) is 13.2 Å². The van der Waals surface area contributed by atoms with Crippen molar-refractivity contribution >= 4 is 0 Å². The average Bonchev–Trinajstić information content (AvgIpc) is 2.52. The van der Waals surface area contributed by atoms with Gasteiger partial charge in [0.15, 0.2) is 0 Å². The lowest BCUT2D eigenvalue weighted by atomic mass is 10.1. The zero-order valence-electron chi connectivity index (χ0n) is 11.5. The Balaban J connectivity index is 2.15. The van der Waals surface area contributed by atoms with E-state index in [9.17, 15) is 0 Å². The van der Waals surface area contributed by atoms with E-state index < -0.39 is 0 Å². The van der Waals surface area contributed by atoms with Crippen LogP contribution in [0.2, 0.25) is 0 Å². The highest BCUT2D eigenvalue weighted by molar-refractivity contribution is 5.70. The number of benzene rings is 2. The molecule has 0 fully saturated rings. The highest BCUT2D eigenvalue weighted by Gasteiger charge is 2.09. The number of para-hydroxylation sites is 1. The summed E-state index contributed by atoms with van der Waals surface area (Å²) in [6, 6.07) is 19.9. The van der Waals surface area contributed by atoms with E-state index in [1.54, 1.807) is 0 Å². The molecule has 2 aromatic rings. The smallest absolute Gasteiger partial charge is 0.130 e. The van der Waals surface area contributed by atoms with E-state index in [2.05, 4.69) is 11.4 Å². The first-order chi connectivity index (χ1) is 9.85. The summed E-state index contributed by atoms with van der Waals surface area (Å²) in [5.41, 5.74) is 2.15. The molecule has 0 radical (unpaired) electrons. The summed E-state index contributed by atoms with van der Waals surface area (Å²) >= 11 is 0. The minimum Gasteiger partial charge on any atom is -0.490 e. The van der Waals surface area contributed by atoms with E-state index in [0.29, 0.717) is 6.61 Å². The van der Waals surface area contributed by atoms with Gasteiger partial charge in [-0.1, -0.05) is 55.5 Å². The molecule has 1 atom stereocenters. The van der Waals surface area contributed by atoms with Crippen molar-refractivity contribution in [3.63, 3.8) is 0 Å². The second-order valence-corrected chi connectivity index (χ2v) is 4.41. The molecular weight excluding hydrogens is 248 g/mol. The van der Waals surface area contributed by atoms with Gasteiger partial charge < -0.3 is 4.74 Å². The standard InChI is InChI=1S/C17H18N2O/c1-2-19-15(12-18)13-20-17-11-7-6-10-16(17)14-8-4-3-5-9-14/h3-11,15,19H,2,13H2,1H3. The summed E-state index contributed by atoms with van der Waals surface area (Å²) in [4.78, 5) is 0. The number of nitrogens with zero attached hydrogens (tertiary/aromatic N) is 1. The first-order valence-corrected chi connectivity index (χ1v) is 6.75. The second-order valence-electron chi connectivity index (χ2n) is 4.41. The lowest BCUT2D eigenvalue weighted by Crippen LogP contribution is -2.33. The molecule has 0 spiro atoms. The Morgan fingerprint density at radius 1 is 1.10 bits per heavy atom. The zero-order chi connectivity index (χ0) is 14.2. The van der Waals surface area contributed by atoms with Gasteiger partial charge in [0, 0.05) is 5.56 Å². The molecule has 0 amide bonds. The van der Waals surface area contributed by atoms with Gasteiger partial charge in [-0.15, -0.1) is 0 Å². The Kier molecular flexibility index (Phi) is 5.16. The molecule has 0 heterocycles. The Labute approximate surface area is 119 Å². The lowest BCUT2D eigenvalue weighted by Gasteiger charge is -2.14. The van der Waals surface area contributed by atoms with Gasteiger partial charge in [-0.05, 0) is 18.2 Å². The minimum absolute atomic E-state index is 0.288. The molecule has 0 saturated heterocycles. The molecular formula is C17H18N2O. The molecule has 20 heavy (non-hydrogen) atoms. The van der Waals surface area contributed by atoms with Crippen LogP contribution >= 0.6 is 0 Å². The third-order valence-electron chi connectivity index (χ3n) is 2.98. The fraction of sp³-hybridized carbons (Fsp3) is 0.235. The maximum Gasteiger partial charge on any atom is 0.130 e. The highest BCUT2D eigenvalue weighted by Crippen LogP contribution is 2.29. The van der Waals surface area contributed by atoms with Gasteiger partial charge in [-0.25, -0.2) is 0 Å². The summed E-state index contributed by atoms with van der Waals surface area (Å²) in [5.74, 6) is 0.803. The lowest BCUT2D eigenvalue weighted by molar-refractivity contribution is 0.292. The summed E-state index contributed by atoms with van der Waals surface area (Å²) < 4.78 is 5.81. The van der Waals surface area contributed by atoms with Crippen LogP contribution in [0.25, 0.3) is 11.1 Å². The number of hydrogen-bond donors (Lipinski definition) is 1. The van der Waals surface area contributed by atoms with E-state index in [-0.39, 0.29) is 6.04 Å².